The van der Waals surface area contributed by atoms with Crippen molar-refractivity contribution in [3.8, 4) is 0 Å². The van der Waals surface area contributed by atoms with E-state index in [0.29, 0.717) is 6.61 Å². The Morgan fingerprint density at radius 3 is 3.06 bits per heavy atom. The van der Waals surface area contributed by atoms with E-state index < -0.39 is 0 Å². The van der Waals surface area contributed by atoms with Crippen molar-refractivity contribution >= 4 is 0 Å². The molecule has 1 N–H and O–H groups in total. The van der Waals surface area contributed by atoms with Gasteiger partial charge in [-0.15, -0.1) is 0 Å². The predicted molar refractivity (Wildman–Crippen MR) is 62.3 cm³/mol. The molecule has 1 heterocycles. The summed E-state index contributed by atoms with van der Waals surface area (Å²) in [5.41, 5.74) is 1.18. The lowest BCUT2D eigenvalue weighted by Gasteiger charge is -2.08. The van der Waals surface area contributed by atoms with Gasteiger partial charge in [0.1, 0.15) is 0 Å². The standard InChI is InChI=1S/C11H21N3O2/c1-3-16-9-7-14-11(4-5-13-14)10-12-6-8-15-2/h4-5,12H,3,6-10H2,1-2H3. The maximum absolute atomic E-state index is 5.30. The van der Waals surface area contributed by atoms with Crippen LogP contribution >= 0.6 is 0 Å². The summed E-state index contributed by atoms with van der Waals surface area (Å²) in [6.07, 6.45) is 1.82. The van der Waals surface area contributed by atoms with Gasteiger partial charge < -0.3 is 14.8 Å². The molecule has 1 aromatic rings. The van der Waals surface area contributed by atoms with Gasteiger partial charge in [-0.25, -0.2) is 0 Å². The molecule has 0 aliphatic heterocycles. The van der Waals surface area contributed by atoms with Crippen molar-refractivity contribution < 1.29 is 9.47 Å². The minimum Gasteiger partial charge on any atom is -0.383 e. The van der Waals surface area contributed by atoms with E-state index in [1.807, 2.05) is 23.9 Å². The molecule has 0 fully saturated rings. The van der Waals surface area contributed by atoms with Crippen LogP contribution in [0.2, 0.25) is 0 Å². The minimum atomic E-state index is 0.712. The van der Waals surface area contributed by atoms with Crippen molar-refractivity contribution in [2.75, 3.05) is 33.5 Å². The molecule has 0 saturated carbocycles. The van der Waals surface area contributed by atoms with Crippen LogP contribution < -0.4 is 5.32 Å². The van der Waals surface area contributed by atoms with E-state index in [1.165, 1.54) is 5.69 Å². The first-order valence-electron chi connectivity index (χ1n) is 5.66. The molecule has 0 spiro atoms. The number of ether oxygens (including phenoxy) is 2. The zero-order chi connectivity index (χ0) is 11.6. The van der Waals surface area contributed by atoms with Crippen molar-refractivity contribution in [2.45, 2.75) is 20.0 Å². The second-order valence-electron chi connectivity index (χ2n) is 3.41. The quantitative estimate of drug-likeness (QED) is 0.629. The third kappa shape index (κ3) is 4.74. The monoisotopic (exact) mass is 227 g/mol. The number of methoxy groups -OCH3 is 1. The molecule has 0 unspecified atom stereocenters. The van der Waals surface area contributed by atoms with Crippen molar-refractivity contribution in [2.24, 2.45) is 0 Å². The van der Waals surface area contributed by atoms with Gasteiger partial charge >= 0.3 is 0 Å². The number of nitrogens with zero attached hydrogens (tertiary/aromatic N) is 2. The van der Waals surface area contributed by atoms with E-state index in [2.05, 4.69) is 10.4 Å². The van der Waals surface area contributed by atoms with E-state index in [0.717, 1.165) is 32.8 Å². The highest BCUT2D eigenvalue weighted by molar-refractivity contribution is 4.99. The van der Waals surface area contributed by atoms with Crippen LogP contribution in [0.25, 0.3) is 0 Å². The van der Waals surface area contributed by atoms with E-state index in [1.54, 1.807) is 7.11 Å². The fourth-order valence-corrected chi connectivity index (χ4v) is 1.40. The Bertz CT molecular complexity index is 276. The first-order chi connectivity index (χ1) is 7.88. The largest absolute Gasteiger partial charge is 0.383 e. The van der Waals surface area contributed by atoms with E-state index in [4.69, 9.17) is 9.47 Å². The van der Waals surface area contributed by atoms with E-state index in [9.17, 15) is 0 Å². The summed E-state index contributed by atoms with van der Waals surface area (Å²) in [7, 11) is 1.70. The molecule has 0 atom stereocenters. The molecule has 0 aliphatic carbocycles. The highest BCUT2D eigenvalue weighted by Crippen LogP contribution is 1.98. The lowest BCUT2D eigenvalue weighted by molar-refractivity contribution is 0.135. The van der Waals surface area contributed by atoms with Crippen molar-refractivity contribution in [1.29, 1.82) is 0 Å². The van der Waals surface area contributed by atoms with Gasteiger partial charge in [0.05, 0.1) is 25.5 Å². The minimum absolute atomic E-state index is 0.712. The number of aromatic nitrogens is 2. The molecule has 0 bridgehead atoms. The summed E-state index contributed by atoms with van der Waals surface area (Å²) in [6, 6.07) is 2.02. The van der Waals surface area contributed by atoms with Crippen molar-refractivity contribution in [3.63, 3.8) is 0 Å². The fraction of sp³-hybridized carbons (Fsp3) is 0.727. The normalized spacial score (nSPS) is 10.9. The first kappa shape index (κ1) is 13.2. The summed E-state index contributed by atoms with van der Waals surface area (Å²) in [6.45, 7) is 6.67. The van der Waals surface area contributed by atoms with Gasteiger partial charge in [-0.1, -0.05) is 0 Å². The zero-order valence-electron chi connectivity index (χ0n) is 10.1. The van der Waals surface area contributed by atoms with Gasteiger partial charge in [-0.05, 0) is 13.0 Å². The molecule has 1 rings (SSSR count). The molecule has 16 heavy (non-hydrogen) atoms. The zero-order valence-corrected chi connectivity index (χ0v) is 10.1. The van der Waals surface area contributed by atoms with Gasteiger partial charge in [0.2, 0.25) is 0 Å². The van der Waals surface area contributed by atoms with Crippen LogP contribution in [0.4, 0.5) is 0 Å². The highest BCUT2D eigenvalue weighted by atomic mass is 16.5. The molecule has 0 aromatic carbocycles. The maximum atomic E-state index is 5.30. The molecular weight excluding hydrogens is 206 g/mol. The summed E-state index contributed by atoms with van der Waals surface area (Å²) < 4.78 is 12.2. The Morgan fingerprint density at radius 2 is 2.31 bits per heavy atom. The summed E-state index contributed by atoms with van der Waals surface area (Å²) >= 11 is 0. The average Bonchev–Trinajstić information content (AvgIpc) is 2.73. The Balaban J connectivity index is 2.26. The Labute approximate surface area is 96.7 Å². The predicted octanol–water partition coefficient (Wildman–Crippen LogP) is 0.656. The number of rotatable bonds is 9. The Morgan fingerprint density at radius 1 is 1.44 bits per heavy atom. The first-order valence-corrected chi connectivity index (χ1v) is 5.66. The van der Waals surface area contributed by atoms with Crippen LogP contribution in [0.5, 0.6) is 0 Å². The van der Waals surface area contributed by atoms with Gasteiger partial charge in [0.15, 0.2) is 0 Å². The van der Waals surface area contributed by atoms with Gasteiger partial charge in [-0.3, -0.25) is 4.68 Å². The topological polar surface area (TPSA) is 48.3 Å². The average molecular weight is 227 g/mol. The maximum Gasteiger partial charge on any atom is 0.0662 e. The van der Waals surface area contributed by atoms with Crippen molar-refractivity contribution in [1.82, 2.24) is 15.1 Å². The van der Waals surface area contributed by atoms with Gasteiger partial charge in [-0.2, -0.15) is 5.10 Å². The summed E-state index contributed by atoms with van der Waals surface area (Å²) in [4.78, 5) is 0. The van der Waals surface area contributed by atoms with Crippen LogP contribution in [-0.4, -0.2) is 43.3 Å². The lowest BCUT2D eigenvalue weighted by Crippen LogP contribution is -2.21. The molecule has 1 aromatic heterocycles. The van der Waals surface area contributed by atoms with Crippen LogP contribution in [0.1, 0.15) is 12.6 Å². The molecule has 5 heteroatoms. The summed E-state index contributed by atoms with van der Waals surface area (Å²) in [5.74, 6) is 0. The van der Waals surface area contributed by atoms with E-state index in [-0.39, 0.29) is 0 Å². The fourth-order valence-electron chi connectivity index (χ4n) is 1.40. The Kier molecular flexibility index (Phi) is 6.80. The van der Waals surface area contributed by atoms with Crippen LogP contribution in [0.3, 0.4) is 0 Å². The van der Waals surface area contributed by atoms with Crippen LogP contribution in [-0.2, 0) is 22.6 Å². The SMILES string of the molecule is CCOCCn1nccc1CNCCOC. The second kappa shape index (κ2) is 8.27. The second-order valence-corrected chi connectivity index (χ2v) is 3.41. The van der Waals surface area contributed by atoms with Gasteiger partial charge in [0.25, 0.3) is 0 Å². The molecule has 92 valence electrons. The molecule has 0 saturated heterocycles. The smallest absolute Gasteiger partial charge is 0.0662 e. The molecule has 0 aliphatic rings. The van der Waals surface area contributed by atoms with Crippen LogP contribution in [0, 0.1) is 0 Å². The number of hydrogen-bond acceptors (Lipinski definition) is 4. The molecule has 0 amide bonds. The van der Waals surface area contributed by atoms with Gasteiger partial charge in [0, 0.05) is 33.0 Å². The lowest BCUT2D eigenvalue weighted by atomic mass is 10.4. The Hall–Kier alpha value is -0.910. The third-order valence-corrected chi connectivity index (χ3v) is 2.25. The third-order valence-electron chi connectivity index (χ3n) is 2.25. The molecule has 5 nitrogen and oxygen atoms in total. The van der Waals surface area contributed by atoms with Crippen LogP contribution in [0.15, 0.2) is 12.3 Å². The number of hydrogen-bond donors (Lipinski definition) is 1. The summed E-state index contributed by atoms with van der Waals surface area (Å²) in [5, 5.41) is 7.55. The number of nitrogens with one attached hydrogen (secondary N) is 1. The highest BCUT2D eigenvalue weighted by Gasteiger charge is 2.01. The molecule has 0 radical (unpaired) electrons. The van der Waals surface area contributed by atoms with Crippen molar-refractivity contribution in [3.05, 3.63) is 18.0 Å². The van der Waals surface area contributed by atoms with E-state index >= 15 is 0 Å². The molecular formula is C11H21N3O2.